The second kappa shape index (κ2) is 4.83. The van der Waals surface area contributed by atoms with Crippen LogP contribution in [0.5, 0.6) is 0 Å². The Bertz CT molecular complexity index is 627. The predicted molar refractivity (Wildman–Crippen MR) is 81.4 cm³/mol. The second-order valence-corrected chi connectivity index (χ2v) is 4.99. The van der Waals surface area contributed by atoms with Gasteiger partial charge in [-0.3, -0.25) is 0 Å². The van der Waals surface area contributed by atoms with Gasteiger partial charge in [-0.25, -0.2) is 0 Å². The standard InChI is InChI=1S/C16H12BrN/c17-14-11-10-12-6-4-5-9-15(12)18-16(14)13-7-2-1-3-8-13/h1-11,18H. The van der Waals surface area contributed by atoms with Crippen LogP contribution in [0.1, 0.15) is 11.1 Å². The fourth-order valence-corrected chi connectivity index (χ4v) is 2.47. The van der Waals surface area contributed by atoms with Gasteiger partial charge in [0.25, 0.3) is 0 Å². The average molecular weight is 298 g/mol. The van der Waals surface area contributed by atoms with Crippen molar-refractivity contribution in [2.24, 2.45) is 0 Å². The number of halogens is 1. The molecule has 88 valence electrons. The zero-order chi connectivity index (χ0) is 12.4. The van der Waals surface area contributed by atoms with Crippen LogP contribution in [0.4, 0.5) is 5.69 Å². The number of fused-ring (bicyclic) bond motifs is 1. The molecule has 0 amide bonds. The van der Waals surface area contributed by atoms with Crippen LogP contribution in [-0.2, 0) is 0 Å². The monoisotopic (exact) mass is 297 g/mol. The molecule has 2 aromatic carbocycles. The van der Waals surface area contributed by atoms with Crippen LogP contribution in [0.25, 0.3) is 11.8 Å². The zero-order valence-corrected chi connectivity index (χ0v) is 11.3. The Labute approximate surface area is 115 Å². The molecule has 0 spiro atoms. The SMILES string of the molecule is BrC1=C(c2ccccc2)Nc2ccccc2C=C1. The van der Waals surface area contributed by atoms with Crippen molar-refractivity contribution in [1.82, 2.24) is 0 Å². The number of benzene rings is 2. The summed E-state index contributed by atoms with van der Waals surface area (Å²) in [5.41, 5.74) is 4.59. The Hall–Kier alpha value is -1.80. The Morgan fingerprint density at radius 2 is 1.50 bits per heavy atom. The minimum Gasteiger partial charge on any atom is -0.354 e. The average Bonchev–Trinajstić information content (AvgIpc) is 2.60. The third-order valence-electron chi connectivity index (χ3n) is 2.93. The number of para-hydroxylation sites is 1. The van der Waals surface area contributed by atoms with E-state index in [4.69, 9.17) is 0 Å². The highest BCUT2D eigenvalue weighted by Crippen LogP contribution is 2.31. The lowest BCUT2D eigenvalue weighted by molar-refractivity contribution is 1.52. The van der Waals surface area contributed by atoms with Gasteiger partial charge < -0.3 is 5.32 Å². The van der Waals surface area contributed by atoms with Crippen LogP contribution in [0.15, 0.2) is 65.2 Å². The van der Waals surface area contributed by atoms with Gasteiger partial charge in [0.05, 0.1) is 5.70 Å². The van der Waals surface area contributed by atoms with Crippen LogP contribution in [-0.4, -0.2) is 0 Å². The lowest BCUT2D eigenvalue weighted by atomic mass is 10.1. The van der Waals surface area contributed by atoms with E-state index in [1.807, 2.05) is 30.3 Å². The minimum atomic E-state index is 1.06. The van der Waals surface area contributed by atoms with Gasteiger partial charge in [0.2, 0.25) is 0 Å². The molecule has 0 saturated heterocycles. The van der Waals surface area contributed by atoms with Crippen molar-refractivity contribution in [3.05, 3.63) is 76.3 Å². The summed E-state index contributed by atoms with van der Waals surface area (Å²) < 4.78 is 1.06. The molecule has 3 rings (SSSR count). The van der Waals surface area contributed by atoms with Gasteiger partial charge in [-0.05, 0) is 39.2 Å². The predicted octanol–water partition coefficient (Wildman–Crippen LogP) is 4.89. The highest BCUT2D eigenvalue weighted by atomic mass is 79.9. The first-order chi connectivity index (χ1) is 8.84. The molecule has 0 fully saturated rings. The first-order valence-corrected chi connectivity index (χ1v) is 6.63. The van der Waals surface area contributed by atoms with E-state index in [1.165, 1.54) is 11.1 Å². The van der Waals surface area contributed by atoms with Crippen molar-refractivity contribution in [3.8, 4) is 0 Å². The third-order valence-corrected chi connectivity index (χ3v) is 3.59. The maximum atomic E-state index is 3.63. The largest absolute Gasteiger partial charge is 0.354 e. The molecule has 0 radical (unpaired) electrons. The van der Waals surface area contributed by atoms with Gasteiger partial charge in [0, 0.05) is 10.2 Å². The fourth-order valence-electron chi connectivity index (χ4n) is 2.01. The van der Waals surface area contributed by atoms with E-state index in [0.29, 0.717) is 0 Å². The number of hydrogen-bond acceptors (Lipinski definition) is 1. The first kappa shape index (κ1) is 11.3. The smallest absolute Gasteiger partial charge is 0.0602 e. The molecule has 2 heteroatoms. The van der Waals surface area contributed by atoms with Crippen LogP contribution in [0, 0.1) is 0 Å². The Morgan fingerprint density at radius 1 is 0.778 bits per heavy atom. The number of rotatable bonds is 1. The normalized spacial score (nSPS) is 13.8. The molecule has 1 heterocycles. The Balaban J connectivity index is 2.10. The van der Waals surface area contributed by atoms with Gasteiger partial charge in [-0.1, -0.05) is 54.6 Å². The van der Waals surface area contributed by atoms with E-state index in [-0.39, 0.29) is 0 Å². The van der Waals surface area contributed by atoms with Gasteiger partial charge in [0.15, 0.2) is 0 Å². The summed E-state index contributed by atoms with van der Waals surface area (Å²) in [7, 11) is 0. The summed E-state index contributed by atoms with van der Waals surface area (Å²) in [6.07, 6.45) is 4.20. The lowest BCUT2D eigenvalue weighted by Gasteiger charge is -2.12. The molecule has 1 N–H and O–H groups in total. The molecule has 18 heavy (non-hydrogen) atoms. The van der Waals surface area contributed by atoms with E-state index in [1.54, 1.807) is 0 Å². The van der Waals surface area contributed by atoms with Gasteiger partial charge in [0.1, 0.15) is 0 Å². The van der Waals surface area contributed by atoms with Crippen LogP contribution >= 0.6 is 15.9 Å². The minimum absolute atomic E-state index is 1.06. The molecule has 1 aliphatic rings. The summed E-state index contributed by atoms with van der Waals surface area (Å²) >= 11 is 3.63. The molecule has 0 bridgehead atoms. The summed E-state index contributed by atoms with van der Waals surface area (Å²) in [6.45, 7) is 0. The lowest BCUT2D eigenvalue weighted by Crippen LogP contribution is -2.00. The van der Waals surface area contributed by atoms with E-state index in [9.17, 15) is 0 Å². The zero-order valence-electron chi connectivity index (χ0n) is 9.73. The van der Waals surface area contributed by atoms with E-state index in [0.717, 1.165) is 15.9 Å². The number of allylic oxidation sites excluding steroid dienone is 2. The second-order valence-electron chi connectivity index (χ2n) is 4.13. The molecule has 0 unspecified atom stereocenters. The summed E-state index contributed by atoms with van der Waals surface area (Å²) in [6, 6.07) is 18.6. The molecule has 0 atom stereocenters. The van der Waals surface area contributed by atoms with Crippen molar-refractivity contribution in [2.45, 2.75) is 0 Å². The fraction of sp³-hybridized carbons (Fsp3) is 0. The van der Waals surface area contributed by atoms with Crippen molar-refractivity contribution >= 4 is 33.4 Å². The third kappa shape index (κ3) is 2.12. The first-order valence-electron chi connectivity index (χ1n) is 5.84. The number of nitrogens with one attached hydrogen (secondary N) is 1. The quantitative estimate of drug-likeness (QED) is 0.790. The topological polar surface area (TPSA) is 12.0 Å². The molecular weight excluding hydrogens is 286 g/mol. The van der Waals surface area contributed by atoms with Crippen LogP contribution in [0.2, 0.25) is 0 Å². The van der Waals surface area contributed by atoms with Crippen LogP contribution in [0.3, 0.4) is 0 Å². The molecule has 0 aromatic heterocycles. The maximum absolute atomic E-state index is 3.63. The van der Waals surface area contributed by atoms with Crippen molar-refractivity contribution in [3.63, 3.8) is 0 Å². The van der Waals surface area contributed by atoms with E-state index < -0.39 is 0 Å². The molecule has 1 aliphatic heterocycles. The molecule has 0 saturated carbocycles. The van der Waals surface area contributed by atoms with Gasteiger partial charge in [-0.15, -0.1) is 0 Å². The number of hydrogen-bond donors (Lipinski definition) is 1. The van der Waals surface area contributed by atoms with E-state index in [2.05, 4.69) is 57.7 Å². The van der Waals surface area contributed by atoms with E-state index >= 15 is 0 Å². The maximum Gasteiger partial charge on any atom is 0.0602 e. The number of anilines is 1. The van der Waals surface area contributed by atoms with Crippen LogP contribution < -0.4 is 5.32 Å². The molecule has 2 aromatic rings. The molecular formula is C16H12BrN. The van der Waals surface area contributed by atoms with Gasteiger partial charge in [-0.2, -0.15) is 0 Å². The van der Waals surface area contributed by atoms with Crippen molar-refractivity contribution < 1.29 is 0 Å². The molecule has 1 nitrogen and oxygen atoms in total. The Kier molecular flexibility index (Phi) is 3.03. The van der Waals surface area contributed by atoms with Crippen molar-refractivity contribution in [2.75, 3.05) is 5.32 Å². The van der Waals surface area contributed by atoms with Gasteiger partial charge >= 0.3 is 0 Å². The highest BCUT2D eigenvalue weighted by Gasteiger charge is 2.10. The van der Waals surface area contributed by atoms with Crippen molar-refractivity contribution in [1.29, 1.82) is 0 Å². The Morgan fingerprint density at radius 3 is 2.33 bits per heavy atom. The summed E-state index contributed by atoms with van der Waals surface area (Å²) in [5, 5.41) is 3.50. The highest BCUT2D eigenvalue weighted by molar-refractivity contribution is 9.12. The molecule has 0 aliphatic carbocycles. The summed E-state index contributed by atoms with van der Waals surface area (Å²) in [4.78, 5) is 0. The summed E-state index contributed by atoms with van der Waals surface area (Å²) in [5.74, 6) is 0.